The Morgan fingerprint density at radius 1 is 1.17 bits per heavy atom. The van der Waals surface area contributed by atoms with Crippen molar-refractivity contribution in [3.8, 4) is 0 Å². The topological polar surface area (TPSA) is 78.4 Å². The van der Waals surface area contributed by atoms with Crippen LogP contribution in [0.15, 0.2) is 24.3 Å². The van der Waals surface area contributed by atoms with Crippen molar-refractivity contribution in [2.45, 2.75) is 69.1 Å². The van der Waals surface area contributed by atoms with Crippen molar-refractivity contribution in [2.24, 2.45) is 5.92 Å². The van der Waals surface area contributed by atoms with Crippen molar-refractivity contribution in [1.29, 1.82) is 0 Å². The fourth-order valence-corrected chi connectivity index (χ4v) is 4.58. The van der Waals surface area contributed by atoms with Gasteiger partial charge in [-0.1, -0.05) is 12.1 Å². The van der Waals surface area contributed by atoms with Gasteiger partial charge in [0.15, 0.2) is 0 Å². The van der Waals surface area contributed by atoms with E-state index in [1.165, 1.54) is 18.2 Å². The number of benzene rings is 1. The molecule has 0 unspecified atom stereocenters. The number of rotatable bonds is 8. The quantitative estimate of drug-likeness (QED) is 0.540. The van der Waals surface area contributed by atoms with E-state index in [2.05, 4.69) is 5.32 Å². The number of sulfonamides is 1. The molecule has 0 amide bonds. The first-order valence-corrected chi connectivity index (χ1v) is 11.0. The molecule has 0 spiro atoms. The minimum atomic E-state index is -5.31. The molecule has 1 atom stereocenters. The van der Waals surface area contributed by atoms with Crippen LogP contribution >= 0.6 is 0 Å². The van der Waals surface area contributed by atoms with Gasteiger partial charge in [-0.2, -0.15) is 13.2 Å². The molecule has 1 aliphatic rings. The lowest BCUT2D eigenvalue weighted by atomic mass is 9.79. The van der Waals surface area contributed by atoms with Crippen LogP contribution in [0, 0.1) is 11.7 Å². The van der Waals surface area contributed by atoms with Gasteiger partial charge in [0.2, 0.25) is 0 Å². The van der Waals surface area contributed by atoms with Crippen LogP contribution in [0.5, 0.6) is 0 Å². The Kier molecular flexibility index (Phi) is 7.69. The van der Waals surface area contributed by atoms with Gasteiger partial charge < -0.3 is 10.4 Å². The van der Waals surface area contributed by atoms with Crippen LogP contribution in [0.3, 0.4) is 0 Å². The van der Waals surface area contributed by atoms with Crippen LogP contribution in [0.2, 0.25) is 0 Å². The summed E-state index contributed by atoms with van der Waals surface area (Å²) < 4.78 is 74.9. The molecule has 3 N–H and O–H groups in total. The smallest absolute Gasteiger partial charge is 0.387 e. The monoisotopic (exact) mass is 440 g/mol. The molecule has 5 nitrogen and oxygen atoms in total. The standard InChI is InChI=1S/C19H28F4N2O3S/c1-18(2,24-12-17(26)14-4-3-5-15(20)10-14)11-13-6-8-16(9-7-13)25-29(27,28)19(21,22)23/h3-5,10,13,16-17,24-26H,6-9,11-12H2,1-2H3/t13?,16?,17-/m0/s1. The first-order valence-electron chi connectivity index (χ1n) is 9.56. The molecule has 0 radical (unpaired) electrons. The molecule has 0 aliphatic heterocycles. The maximum absolute atomic E-state index is 13.3. The van der Waals surface area contributed by atoms with Gasteiger partial charge in [0.05, 0.1) is 6.10 Å². The average molecular weight is 441 g/mol. The van der Waals surface area contributed by atoms with Gasteiger partial charge in [-0.05, 0) is 69.6 Å². The van der Waals surface area contributed by atoms with Gasteiger partial charge in [-0.25, -0.2) is 17.5 Å². The maximum atomic E-state index is 13.3. The summed E-state index contributed by atoms with van der Waals surface area (Å²) in [5.41, 5.74) is -5.17. The van der Waals surface area contributed by atoms with E-state index in [9.17, 15) is 31.1 Å². The lowest BCUT2D eigenvalue weighted by Gasteiger charge is -2.35. The maximum Gasteiger partial charge on any atom is 0.511 e. The normalized spacial score (nSPS) is 22.4. The van der Waals surface area contributed by atoms with Crippen LogP contribution in [-0.2, 0) is 10.0 Å². The summed E-state index contributed by atoms with van der Waals surface area (Å²) >= 11 is 0. The Labute approximate surface area is 168 Å². The number of nitrogens with one attached hydrogen (secondary N) is 2. The van der Waals surface area contributed by atoms with Gasteiger partial charge >= 0.3 is 15.5 Å². The molecule has 1 aromatic rings. The second kappa shape index (κ2) is 9.28. The molecule has 1 saturated carbocycles. The van der Waals surface area contributed by atoms with Crippen molar-refractivity contribution < 1.29 is 31.1 Å². The summed E-state index contributed by atoms with van der Waals surface area (Å²) in [6, 6.07) is 5.06. The molecule has 1 fully saturated rings. The first kappa shape index (κ1) is 24.0. The number of aliphatic hydroxyl groups excluding tert-OH is 1. The molecule has 1 aliphatic carbocycles. The minimum absolute atomic E-state index is 0.232. The van der Waals surface area contributed by atoms with Crippen molar-refractivity contribution in [2.75, 3.05) is 6.54 Å². The molecule has 0 heterocycles. The highest BCUT2D eigenvalue weighted by molar-refractivity contribution is 7.90. The van der Waals surface area contributed by atoms with Gasteiger partial charge in [-0.15, -0.1) is 0 Å². The van der Waals surface area contributed by atoms with Gasteiger partial charge in [0, 0.05) is 18.1 Å². The highest BCUT2D eigenvalue weighted by Gasteiger charge is 2.47. The van der Waals surface area contributed by atoms with E-state index in [0.717, 1.165) is 6.42 Å². The van der Waals surface area contributed by atoms with Crippen molar-refractivity contribution in [1.82, 2.24) is 10.0 Å². The average Bonchev–Trinajstić information content (AvgIpc) is 2.60. The Bertz CT molecular complexity index is 776. The van der Waals surface area contributed by atoms with Gasteiger partial charge in [0.1, 0.15) is 5.82 Å². The van der Waals surface area contributed by atoms with Crippen molar-refractivity contribution in [3.05, 3.63) is 35.6 Å². The second-order valence-electron chi connectivity index (χ2n) is 8.32. The van der Waals surface area contributed by atoms with Gasteiger partial charge in [-0.3, -0.25) is 0 Å². The Balaban J connectivity index is 1.80. The van der Waals surface area contributed by atoms with E-state index in [1.807, 2.05) is 13.8 Å². The predicted molar refractivity (Wildman–Crippen MR) is 102 cm³/mol. The highest BCUT2D eigenvalue weighted by Crippen LogP contribution is 2.32. The van der Waals surface area contributed by atoms with E-state index in [4.69, 9.17) is 0 Å². The minimum Gasteiger partial charge on any atom is -0.387 e. The number of alkyl halides is 3. The van der Waals surface area contributed by atoms with E-state index in [-0.39, 0.29) is 18.0 Å². The second-order valence-corrected chi connectivity index (χ2v) is 10.0. The van der Waals surface area contributed by atoms with Gasteiger partial charge in [0.25, 0.3) is 0 Å². The van der Waals surface area contributed by atoms with E-state index >= 15 is 0 Å². The SMILES string of the molecule is CC(C)(CC1CCC(NS(=O)(=O)C(F)(F)F)CC1)NC[C@H](O)c1cccc(F)c1. The fraction of sp³-hybridized carbons (Fsp3) is 0.684. The lowest BCUT2D eigenvalue weighted by molar-refractivity contribution is -0.0452. The number of hydrogen-bond acceptors (Lipinski definition) is 4. The largest absolute Gasteiger partial charge is 0.511 e. The molecule has 1 aromatic carbocycles. The molecule has 10 heteroatoms. The molecular formula is C19H28F4N2O3S. The van der Waals surface area contributed by atoms with Crippen molar-refractivity contribution in [3.63, 3.8) is 0 Å². The molecular weight excluding hydrogens is 412 g/mol. The van der Waals surface area contributed by atoms with Crippen LogP contribution in [0.4, 0.5) is 17.6 Å². The van der Waals surface area contributed by atoms with E-state index < -0.39 is 33.5 Å². The number of hydrogen-bond donors (Lipinski definition) is 3. The third-order valence-electron chi connectivity index (χ3n) is 5.28. The van der Waals surface area contributed by atoms with Crippen LogP contribution in [0.1, 0.15) is 57.6 Å². The summed E-state index contributed by atoms with van der Waals surface area (Å²) in [5.74, 6) is -0.186. The van der Waals surface area contributed by atoms with Crippen LogP contribution in [-0.4, -0.2) is 37.2 Å². The van der Waals surface area contributed by atoms with E-state index in [1.54, 1.807) is 10.8 Å². The number of halogens is 4. The summed E-state index contributed by atoms with van der Waals surface area (Å²) in [7, 11) is -5.31. The molecule has 166 valence electrons. The van der Waals surface area contributed by atoms with Crippen LogP contribution < -0.4 is 10.0 Å². The lowest BCUT2D eigenvalue weighted by Crippen LogP contribution is -2.46. The van der Waals surface area contributed by atoms with Crippen molar-refractivity contribution >= 4 is 10.0 Å². The van der Waals surface area contributed by atoms with E-state index in [0.29, 0.717) is 31.2 Å². The predicted octanol–water partition coefficient (Wildman–Crippen LogP) is 3.62. The summed E-state index contributed by atoms with van der Waals surface area (Å²) in [6.07, 6.45) is 1.79. The number of β-amino-alcohol motifs (C(OH)–C–C–N with tert-alkyl or cyclic N) is 1. The summed E-state index contributed by atoms with van der Waals surface area (Å²) in [5, 5.41) is 13.5. The molecule has 0 saturated heterocycles. The zero-order valence-electron chi connectivity index (χ0n) is 16.5. The molecule has 0 aromatic heterocycles. The van der Waals surface area contributed by atoms with Crippen LogP contribution in [0.25, 0.3) is 0 Å². The number of aliphatic hydroxyl groups is 1. The third kappa shape index (κ3) is 7.20. The molecule has 29 heavy (non-hydrogen) atoms. The Morgan fingerprint density at radius 2 is 1.79 bits per heavy atom. The third-order valence-corrected chi connectivity index (χ3v) is 6.53. The first-order chi connectivity index (χ1) is 13.3. The molecule has 0 bridgehead atoms. The Morgan fingerprint density at radius 3 is 2.34 bits per heavy atom. The summed E-state index contributed by atoms with van der Waals surface area (Å²) in [6.45, 7) is 4.16. The Hall–Kier alpha value is -1.23. The zero-order chi connectivity index (χ0) is 21.9. The highest BCUT2D eigenvalue weighted by atomic mass is 32.2. The molecule has 2 rings (SSSR count). The zero-order valence-corrected chi connectivity index (χ0v) is 17.3. The fourth-order valence-electron chi connectivity index (χ4n) is 3.77. The summed E-state index contributed by atoms with van der Waals surface area (Å²) in [4.78, 5) is 0.